The highest BCUT2D eigenvalue weighted by Gasteiger charge is 2.46. The summed E-state index contributed by atoms with van der Waals surface area (Å²) in [5.74, 6) is -0.926. The Bertz CT molecular complexity index is 347. The van der Waals surface area contributed by atoms with Gasteiger partial charge in [-0.15, -0.1) is 0 Å². The molecule has 0 saturated carbocycles. The normalized spacial score (nSPS) is 23.8. The Morgan fingerprint density at radius 1 is 1.39 bits per heavy atom. The quantitative estimate of drug-likeness (QED) is 0.843. The van der Waals surface area contributed by atoms with Gasteiger partial charge in [0, 0.05) is 12.0 Å². The number of likely N-dealkylation sites (tertiary alicyclic amines) is 1. The summed E-state index contributed by atoms with van der Waals surface area (Å²) < 4.78 is 0. The summed E-state index contributed by atoms with van der Waals surface area (Å²) >= 11 is 0. The number of amides is 1. The third-order valence-electron chi connectivity index (χ3n) is 4.23. The van der Waals surface area contributed by atoms with Crippen molar-refractivity contribution >= 4 is 11.9 Å². The number of hydrogen-bond acceptors (Lipinski definition) is 2. The van der Waals surface area contributed by atoms with Crippen molar-refractivity contribution in [3.05, 3.63) is 0 Å². The second-order valence-corrected chi connectivity index (χ2v) is 6.57. The first kappa shape index (κ1) is 15.0. The Labute approximate surface area is 109 Å². The van der Waals surface area contributed by atoms with Crippen molar-refractivity contribution in [1.82, 2.24) is 4.90 Å². The van der Waals surface area contributed by atoms with Crippen molar-refractivity contribution in [2.24, 2.45) is 10.8 Å². The summed E-state index contributed by atoms with van der Waals surface area (Å²) in [6.07, 6.45) is 2.44. The summed E-state index contributed by atoms with van der Waals surface area (Å²) in [5.41, 5.74) is -0.843. The molecule has 1 heterocycles. The van der Waals surface area contributed by atoms with Crippen molar-refractivity contribution in [3.63, 3.8) is 0 Å². The van der Waals surface area contributed by atoms with E-state index in [2.05, 4.69) is 0 Å². The van der Waals surface area contributed by atoms with Gasteiger partial charge in [-0.1, -0.05) is 34.6 Å². The van der Waals surface area contributed by atoms with Gasteiger partial charge >= 0.3 is 5.97 Å². The maximum Gasteiger partial charge on any atom is 0.326 e. The molecular weight excluding hydrogens is 230 g/mol. The number of carboxylic acid groups (broad SMARTS) is 1. The summed E-state index contributed by atoms with van der Waals surface area (Å²) in [7, 11) is 0. The average molecular weight is 255 g/mol. The average Bonchev–Trinajstić information content (AvgIpc) is 2.25. The number of carboxylic acids is 1. The predicted molar refractivity (Wildman–Crippen MR) is 70.2 cm³/mol. The van der Waals surface area contributed by atoms with Crippen molar-refractivity contribution < 1.29 is 14.7 Å². The van der Waals surface area contributed by atoms with E-state index in [0.29, 0.717) is 6.54 Å². The summed E-state index contributed by atoms with van der Waals surface area (Å²) in [6, 6.07) is -0.704. The number of rotatable bonds is 3. The van der Waals surface area contributed by atoms with Crippen LogP contribution in [0.3, 0.4) is 0 Å². The Kier molecular flexibility index (Phi) is 4.08. The van der Waals surface area contributed by atoms with Gasteiger partial charge in [-0.25, -0.2) is 4.79 Å². The minimum absolute atomic E-state index is 0.0369. The van der Waals surface area contributed by atoms with Crippen LogP contribution in [0.5, 0.6) is 0 Å². The SMILES string of the molecule is CCC(C)(C)C(=O)N1CCCC(C)(C)C1C(=O)O. The van der Waals surface area contributed by atoms with Gasteiger partial charge in [0.25, 0.3) is 0 Å². The van der Waals surface area contributed by atoms with E-state index in [1.165, 1.54) is 0 Å². The number of nitrogens with zero attached hydrogens (tertiary/aromatic N) is 1. The highest BCUT2D eigenvalue weighted by molar-refractivity contribution is 5.87. The predicted octanol–water partition coefficient (Wildman–Crippen LogP) is 2.52. The molecule has 1 N–H and O–H groups in total. The van der Waals surface area contributed by atoms with E-state index in [4.69, 9.17) is 0 Å². The van der Waals surface area contributed by atoms with Crippen molar-refractivity contribution in [1.29, 1.82) is 0 Å². The Hall–Kier alpha value is -1.06. The fraction of sp³-hybridized carbons (Fsp3) is 0.857. The molecule has 0 aromatic rings. The third kappa shape index (κ3) is 2.68. The first-order valence-corrected chi connectivity index (χ1v) is 6.67. The van der Waals surface area contributed by atoms with Crippen molar-refractivity contribution in [3.8, 4) is 0 Å². The second-order valence-electron chi connectivity index (χ2n) is 6.57. The first-order valence-electron chi connectivity index (χ1n) is 6.67. The molecule has 4 heteroatoms. The van der Waals surface area contributed by atoms with Gasteiger partial charge in [0.1, 0.15) is 6.04 Å². The van der Waals surface area contributed by atoms with Gasteiger partial charge in [-0.2, -0.15) is 0 Å². The molecule has 1 rings (SSSR count). The molecule has 1 amide bonds. The van der Waals surface area contributed by atoms with Gasteiger partial charge in [0.05, 0.1) is 0 Å². The third-order valence-corrected chi connectivity index (χ3v) is 4.23. The zero-order valence-electron chi connectivity index (χ0n) is 12.1. The number of piperidine rings is 1. The van der Waals surface area contributed by atoms with Crippen LogP contribution in [0.2, 0.25) is 0 Å². The lowest BCUT2D eigenvalue weighted by Gasteiger charge is -2.46. The van der Waals surface area contributed by atoms with Crippen LogP contribution in [0, 0.1) is 10.8 Å². The van der Waals surface area contributed by atoms with Gasteiger partial charge in [0.2, 0.25) is 5.91 Å². The molecule has 1 aliphatic rings. The standard InChI is InChI=1S/C14H25NO3/c1-6-13(2,3)12(18)15-9-7-8-14(4,5)10(15)11(16)17/h10H,6-9H2,1-5H3,(H,16,17). The van der Waals surface area contributed by atoms with Crippen LogP contribution in [0.1, 0.15) is 53.9 Å². The van der Waals surface area contributed by atoms with Crippen LogP contribution in [0.25, 0.3) is 0 Å². The van der Waals surface area contributed by atoms with Crippen LogP contribution < -0.4 is 0 Å². The summed E-state index contributed by atoms with van der Waals surface area (Å²) in [6.45, 7) is 10.2. The molecular formula is C14H25NO3. The van der Waals surface area contributed by atoms with Gasteiger partial charge in [0.15, 0.2) is 0 Å². The topological polar surface area (TPSA) is 57.6 Å². The van der Waals surface area contributed by atoms with Gasteiger partial charge in [-0.3, -0.25) is 4.79 Å². The Balaban J connectivity index is 3.06. The lowest BCUT2D eigenvalue weighted by Crippen LogP contribution is -2.58. The van der Waals surface area contributed by atoms with E-state index < -0.39 is 17.4 Å². The summed E-state index contributed by atoms with van der Waals surface area (Å²) in [5, 5.41) is 9.44. The molecule has 1 fully saturated rings. The van der Waals surface area contributed by atoms with Crippen LogP contribution in [0.15, 0.2) is 0 Å². The largest absolute Gasteiger partial charge is 0.480 e. The van der Waals surface area contributed by atoms with Crippen molar-refractivity contribution in [2.45, 2.75) is 59.9 Å². The van der Waals surface area contributed by atoms with E-state index in [1.54, 1.807) is 4.90 Å². The molecule has 1 saturated heterocycles. The molecule has 0 spiro atoms. The van der Waals surface area contributed by atoms with E-state index in [0.717, 1.165) is 19.3 Å². The van der Waals surface area contributed by atoms with Gasteiger partial charge < -0.3 is 10.0 Å². The highest BCUT2D eigenvalue weighted by Crippen LogP contribution is 2.37. The molecule has 0 bridgehead atoms. The second kappa shape index (κ2) is 4.90. The monoisotopic (exact) mass is 255 g/mol. The molecule has 1 atom stereocenters. The van der Waals surface area contributed by atoms with E-state index in [1.807, 2.05) is 34.6 Å². The molecule has 0 radical (unpaired) electrons. The Morgan fingerprint density at radius 2 is 1.94 bits per heavy atom. The highest BCUT2D eigenvalue weighted by atomic mass is 16.4. The molecule has 104 valence electrons. The molecule has 4 nitrogen and oxygen atoms in total. The van der Waals surface area contributed by atoms with E-state index in [-0.39, 0.29) is 11.3 Å². The molecule has 0 aromatic carbocycles. The van der Waals surface area contributed by atoms with Crippen LogP contribution in [-0.4, -0.2) is 34.5 Å². The Morgan fingerprint density at radius 3 is 2.39 bits per heavy atom. The number of carbonyl (C=O) groups excluding carboxylic acids is 1. The van der Waals surface area contributed by atoms with E-state index >= 15 is 0 Å². The van der Waals surface area contributed by atoms with Crippen LogP contribution in [-0.2, 0) is 9.59 Å². The first-order chi connectivity index (χ1) is 8.13. The van der Waals surface area contributed by atoms with Crippen LogP contribution in [0.4, 0.5) is 0 Å². The smallest absolute Gasteiger partial charge is 0.326 e. The number of carbonyl (C=O) groups is 2. The molecule has 1 unspecified atom stereocenters. The van der Waals surface area contributed by atoms with Crippen molar-refractivity contribution in [2.75, 3.05) is 6.54 Å². The molecule has 0 aromatic heterocycles. The molecule has 1 aliphatic heterocycles. The number of aliphatic carboxylic acids is 1. The fourth-order valence-corrected chi connectivity index (χ4v) is 2.62. The summed E-state index contributed by atoms with van der Waals surface area (Å²) in [4.78, 5) is 25.6. The van der Waals surface area contributed by atoms with E-state index in [9.17, 15) is 14.7 Å². The zero-order chi connectivity index (χ0) is 14.1. The maximum atomic E-state index is 12.5. The number of hydrogen-bond donors (Lipinski definition) is 1. The van der Waals surface area contributed by atoms with Gasteiger partial charge in [-0.05, 0) is 24.7 Å². The lowest BCUT2D eigenvalue weighted by molar-refractivity contribution is -0.163. The van der Waals surface area contributed by atoms with Crippen LogP contribution >= 0.6 is 0 Å². The maximum absolute atomic E-state index is 12.5. The molecule has 0 aliphatic carbocycles. The minimum atomic E-state index is -0.889. The zero-order valence-corrected chi connectivity index (χ0v) is 12.1. The fourth-order valence-electron chi connectivity index (χ4n) is 2.62. The lowest BCUT2D eigenvalue weighted by atomic mass is 9.75. The molecule has 18 heavy (non-hydrogen) atoms. The minimum Gasteiger partial charge on any atom is -0.480 e.